The van der Waals surface area contributed by atoms with Crippen molar-refractivity contribution in [3.05, 3.63) is 11.6 Å². The summed E-state index contributed by atoms with van der Waals surface area (Å²) in [7, 11) is 0. The van der Waals surface area contributed by atoms with Crippen molar-refractivity contribution in [2.24, 2.45) is 34.5 Å². The minimum absolute atomic E-state index is 0.0627. The number of rotatable bonds is 2. The van der Waals surface area contributed by atoms with Crippen molar-refractivity contribution in [3.8, 4) is 0 Å². The van der Waals surface area contributed by atoms with Crippen LogP contribution in [0.3, 0.4) is 0 Å². The van der Waals surface area contributed by atoms with Crippen molar-refractivity contribution >= 4 is 23.3 Å². The molecular weight excluding hydrogens is 316 g/mol. The Bertz CT molecular complexity index is 609. The van der Waals surface area contributed by atoms with Gasteiger partial charge in [0.1, 0.15) is 5.78 Å². The molecule has 0 N–H and O–H groups in total. The minimum atomic E-state index is -0.0627. The summed E-state index contributed by atoms with van der Waals surface area (Å²) in [5.41, 5.74) is 1.63. The van der Waals surface area contributed by atoms with Crippen LogP contribution in [-0.4, -0.2) is 23.6 Å². The lowest BCUT2D eigenvalue weighted by Gasteiger charge is -2.58. The summed E-state index contributed by atoms with van der Waals surface area (Å²) in [4.78, 5) is 24.8. The molecule has 3 heteroatoms. The van der Waals surface area contributed by atoms with Gasteiger partial charge in [0.15, 0.2) is 5.78 Å². The molecule has 6 atom stereocenters. The van der Waals surface area contributed by atoms with E-state index in [4.69, 9.17) is 0 Å². The molecule has 0 aromatic heterocycles. The zero-order valence-corrected chi connectivity index (χ0v) is 16.1. The van der Waals surface area contributed by atoms with Gasteiger partial charge in [-0.25, -0.2) is 0 Å². The number of hydrogen-bond acceptors (Lipinski definition) is 3. The van der Waals surface area contributed by atoms with Crippen LogP contribution in [-0.2, 0) is 9.59 Å². The minimum Gasteiger partial charge on any atom is -0.299 e. The van der Waals surface area contributed by atoms with E-state index in [-0.39, 0.29) is 16.7 Å². The zero-order chi connectivity index (χ0) is 17.1. The molecule has 3 saturated carbocycles. The van der Waals surface area contributed by atoms with Gasteiger partial charge in [-0.2, -0.15) is 11.8 Å². The van der Waals surface area contributed by atoms with Crippen molar-refractivity contribution in [1.29, 1.82) is 0 Å². The average molecular weight is 347 g/mol. The number of carbonyl (C=O) groups is 2. The van der Waals surface area contributed by atoms with Crippen LogP contribution >= 0.6 is 11.8 Å². The fourth-order valence-electron chi connectivity index (χ4n) is 7.00. The normalized spacial score (nSPS) is 47.7. The first-order valence-electron chi connectivity index (χ1n) is 9.69. The molecule has 0 heterocycles. The Labute approximate surface area is 150 Å². The summed E-state index contributed by atoms with van der Waals surface area (Å²) >= 11 is 1.95. The van der Waals surface area contributed by atoms with E-state index in [1.165, 1.54) is 18.4 Å². The van der Waals surface area contributed by atoms with E-state index in [1.54, 1.807) is 0 Å². The van der Waals surface area contributed by atoms with Crippen molar-refractivity contribution in [1.82, 2.24) is 0 Å². The smallest absolute Gasteiger partial charge is 0.155 e. The summed E-state index contributed by atoms with van der Waals surface area (Å²) in [5, 5.41) is 0. The lowest BCUT2D eigenvalue weighted by Crippen LogP contribution is -2.52. The van der Waals surface area contributed by atoms with Gasteiger partial charge in [-0.1, -0.05) is 19.4 Å². The van der Waals surface area contributed by atoms with Crippen molar-refractivity contribution in [2.75, 3.05) is 12.0 Å². The van der Waals surface area contributed by atoms with Crippen LogP contribution in [0.25, 0.3) is 0 Å². The number of fused-ring (bicyclic) bond motifs is 5. The maximum absolute atomic E-state index is 12.8. The third-order valence-electron chi connectivity index (χ3n) is 8.10. The van der Waals surface area contributed by atoms with Gasteiger partial charge in [0.2, 0.25) is 0 Å². The second-order valence-corrected chi connectivity index (χ2v) is 9.96. The first kappa shape index (κ1) is 16.9. The zero-order valence-electron chi connectivity index (χ0n) is 15.3. The van der Waals surface area contributed by atoms with Crippen molar-refractivity contribution < 1.29 is 9.59 Å². The Hall–Kier alpha value is -0.570. The Balaban J connectivity index is 1.73. The van der Waals surface area contributed by atoms with E-state index in [9.17, 15) is 9.59 Å². The molecule has 0 spiro atoms. The van der Waals surface area contributed by atoms with Crippen molar-refractivity contribution in [3.63, 3.8) is 0 Å². The summed E-state index contributed by atoms with van der Waals surface area (Å²) in [5.74, 6) is 4.23. The summed E-state index contributed by atoms with van der Waals surface area (Å²) in [6.07, 6.45) is 11.6. The number of thioether (sulfide) groups is 1. The van der Waals surface area contributed by atoms with E-state index in [1.807, 2.05) is 17.8 Å². The molecule has 0 radical (unpaired) electrons. The van der Waals surface area contributed by atoms with Crippen LogP contribution in [0.4, 0.5) is 0 Å². The van der Waals surface area contributed by atoms with Gasteiger partial charge >= 0.3 is 0 Å². The molecule has 0 unspecified atom stereocenters. The molecule has 4 aliphatic carbocycles. The van der Waals surface area contributed by atoms with Gasteiger partial charge in [0.05, 0.1) is 0 Å². The second kappa shape index (κ2) is 5.72. The molecule has 132 valence electrons. The first-order valence-corrected chi connectivity index (χ1v) is 11.1. The highest BCUT2D eigenvalue weighted by atomic mass is 32.2. The standard InChI is InChI=1S/C21H30O2S/c1-13-10-18-16-5-4-14-11-15(22)6-9-21(14,12-24-3)17(16)7-8-20(18,2)19(13)23/h11,13,16-18H,4-10,12H2,1-3H3/t13-,16-,17+,18+,20+,21-/m1/s1. The van der Waals surface area contributed by atoms with Gasteiger partial charge in [0, 0.05) is 28.9 Å². The quantitative estimate of drug-likeness (QED) is 0.728. The maximum atomic E-state index is 12.8. The van der Waals surface area contributed by atoms with Crippen LogP contribution in [0.15, 0.2) is 11.6 Å². The summed E-state index contributed by atoms with van der Waals surface area (Å²) in [6.45, 7) is 4.41. The molecule has 4 aliphatic rings. The number of carbonyl (C=O) groups excluding carboxylic acids is 2. The number of hydrogen-bond donors (Lipinski definition) is 0. The molecule has 0 aromatic rings. The van der Waals surface area contributed by atoms with Crippen LogP contribution in [0, 0.1) is 34.5 Å². The highest BCUT2D eigenvalue weighted by Gasteiger charge is 2.61. The Morgan fingerprint density at radius 1 is 1.17 bits per heavy atom. The fourth-order valence-corrected chi connectivity index (χ4v) is 8.06. The SMILES string of the molecule is CSC[C@]12CCC(=O)C=C1CC[C@@H]1[C@@H]2CC[C@]2(C)C(=O)[C@H](C)C[C@@H]12. The highest BCUT2D eigenvalue weighted by Crippen LogP contribution is 2.65. The van der Waals surface area contributed by atoms with E-state index in [0.29, 0.717) is 29.3 Å². The average Bonchev–Trinajstić information content (AvgIpc) is 2.79. The molecule has 0 aliphatic heterocycles. The molecule has 0 bridgehead atoms. The molecule has 2 nitrogen and oxygen atoms in total. The van der Waals surface area contributed by atoms with E-state index in [2.05, 4.69) is 20.1 Å². The van der Waals surface area contributed by atoms with Crippen LogP contribution in [0.1, 0.15) is 58.8 Å². The Morgan fingerprint density at radius 2 is 1.96 bits per heavy atom. The largest absolute Gasteiger partial charge is 0.299 e. The highest BCUT2D eigenvalue weighted by molar-refractivity contribution is 7.98. The van der Waals surface area contributed by atoms with E-state index in [0.717, 1.165) is 37.9 Å². The van der Waals surface area contributed by atoms with Crippen LogP contribution in [0.2, 0.25) is 0 Å². The van der Waals surface area contributed by atoms with Crippen LogP contribution < -0.4 is 0 Å². The first-order chi connectivity index (χ1) is 11.4. The lowest BCUT2D eigenvalue weighted by molar-refractivity contribution is -0.134. The molecule has 0 aromatic carbocycles. The lowest BCUT2D eigenvalue weighted by atomic mass is 9.47. The summed E-state index contributed by atoms with van der Waals surface area (Å²) < 4.78 is 0. The molecule has 3 fully saturated rings. The molecule has 4 rings (SSSR count). The maximum Gasteiger partial charge on any atom is 0.155 e. The van der Waals surface area contributed by atoms with E-state index < -0.39 is 0 Å². The molecule has 0 saturated heterocycles. The molecule has 24 heavy (non-hydrogen) atoms. The van der Waals surface area contributed by atoms with Gasteiger partial charge in [-0.15, -0.1) is 0 Å². The number of ketones is 2. The molecular formula is C21H30O2S. The van der Waals surface area contributed by atoms with Gasteiger partial charge < -0.3 is 0 Å². The molecule has 0 amide bonds. The third-order valence-corrected chi connectivity index (χ3v) is 8.90. The predicted octanol–water partition coefficient (Wildman–Crippen LogP) is 4.68. The second-order valence-electron chi connectivity index (χ2n) is 9.10. The van der Waals surface area contributed by atoms with Crippen molar-refractivity contribution in [2.45, 2.75) is 58.8 Å². The van der Waals surface area contributed by atoms with Gasteiger partial charge in [0.25, 0.3) is 0 Å². The monoisotopic (exact) mass is 346 g/mol. The van der Waals surface area contributed by atoms with Crippen LogP contribution in [0.5, 0.6) is 0 Å². The number of allylic oxidation sites excluding steroid dienone is 1. The number of Topliss-reactive ketones (excluding diaryl/α,β-unsaturated/α-hetero) is 1. The Kier molecular flexibility index (Phi) is 4.02. The Morgan fingerprint density at radius 3 is 2.71 bits per heavy atom. The van der Waals surface area contributed by atoms with E-state index >= 15 is 0 Å². The topological polar surface area (TPSA) is 34.1 Å². The summed E-state index contributed by atoms with van der Waals surface area (Å²) in [6, 6.07) is 0. The fraction of sp³-hybridized carbons (Fsp3) is 0.810. The van der Waals surface area contributed by atoms with Gasteiger partial charge in [-0.05, 0) is 68.6 Å². The predicted molar refractivity (Wildman–Crippen MR) is 99.0 cm³/mol. The van der Waals surface area contributed by atoms with Gasteiger partial charge in [-0.3, -0.25) is 9.59 Å². The third kappa shape index (κ3) is 2.15.